The zero-order chi connectivity index (χ0) is 18.0. The quantitative estimate of drug-likeness (QED) is 0.672. The van der Waals surface area contributed by atoms with E-state index in [1.54, 1.807) is 30.3 Å². The molecule has 0 saturated heterocycles. The van der Waals surface area contributed by atoms with Crippen LogP contribution in [0.25, 0.3) is 11.5 Å². The van der Waals surface area contributed by atoms with E-state index < -0.39 is 5.91 Å². The highest BCUT2D eigenvalue weighted by Crippen LogP contribution is 2.30. The molecule has 3 rings (SSSR count). The summed E-state index contributed by atoms with van der Waals surface area (Å²) in [7, 11) is 1.45. The zero-order valence-electron chi connectivity index (χ0n) is 12.7. The molecule has 1 heterocycles. The van der Waals surface area contributed by atoms with E-state index in [1.165, 1.54) is 13.2 Å². The highest BCUT2D eigenvalue weighted by atomic mass is 35.5. The maximum atomic E-state index is 12.4. The SMILES string of the molecule is COc1ccc(Cl)cc1C(=O)Nc1nnc(-c2ccc(Cl)cc2Cl)o1. The normalized spacial score (nSPS) is 10.6. The minimum Gasteiger partial charge on any atom is -0.496 e. The Morgan fingerprint density at radius 3 is 2.52 bits per heavy atom. The van der Waals surface area contributed by atoms with Crippen molar-refractivity contribution in [1.29, 1.82) is 0 Å². The van der Waals surface area contributed by atoms with Gasteiger partial charge < -0.3 is 9.15 Å². The van der Waals surface area contributed by atoms with Crippen LogP contribution in [0.2, 0.25) is 15.1 Å². The fourth-order valence-corrected chi connectivity index (χ4v) is 2.73. The third kappa shape index (κ3) is 3.87. The molecule has 1 amide bonds. The van der Waals surface area contributed by atoms with Crippen LogP contribution in [-0.4, -0.2) is 23.2 Å². The number of halogens is 3. The van der Waals surface area contributed by atoms with Gasteiger partial charge in [-0.3, -0.25) is 10.1 Å². The molecular formula is C16H10Cl3N3O3. The number of carbonyl (C=O) groups excluding carboxylic acids is 1. The molecule has 128 valence electrons. The molecule has 1 aromatic heterocycles. The van der Waals surface area contributed by atoms with Crippen LogP contribution in [0, 0.1) is 0 Å². The van der Waals surface area contributed by atoms with Crippen LogP contribution in [0.5, 0.6) is 5.75 Å². The van der Waals surface area contributed by atoms with Crippen molar-refractivity contribution in [2.24, 2.45) is 0 Å². The first-order chi connectivity index (χ1) is 12.0. The number of aromatic nitrogens is 2. The Bertz CT molecular complexity index is 943. The second-order valence-electron chi connectivity index (χ2n) is 4.84. The van der Waals surface area contributed by atoms with Gasteiger partial charge in [-0.2, -0.15) is 0 Å². The number of rotatable bonds is 4. The maximum Gasteiger partial charge on any atom is 0.322 e. The Labute approximate surface area is 157 Å². The molecule has 25 heavy (non-hydrogen) atoms. The molecular weight excluding hydrogens is 389 g/mol. The number of hydrogen-bond donors (Lipinski definition) is 1. The minimum atomic E-state index is -0.503. The number of anilines is 1. The molecule has 9 heteroatoms. The summed E-state index contributed by atoms with van der Waals surface area (Å²) in [6, 6.07) is 9.43. The monoisotopic (exact) mass is 397 g/mol. The third-order valence-corrected chi connectivity index (χ3v) is 4.00. The summed E-state index contributed by atoms with van der Waals surface area (Å²) >= 11 is 17.9. The average Bonchev–Trinajstić information content (AvgIpc) is 3.02. The molecule has 0 fully saturated rings. The van der Waals surface area contributed by atoms with E-state index in [1.807, 2.05) is 0 Å². The highest BCUT2D eigenvalue weighted by molar-refractivity contribution is 6.36. The van der Waals surface area contributed by atoms with Gasteiger partial charge in [-0.25, -0.2) is 0 Å². The van der Waals surface area contributed by atoms with Crippen LogP contribution in [0.15, 0.2) is 40.8 Å². The second kappa shape index (κ2) is 7.31. The molecule has 0 saturated carbocycles. The van der Waals surface area contributed by atoms with Gasteiger partial charge >= 0.3 is 6.01 Å². The topological polar surface area (TPSA) is 77.2 Å². The van der Waals surface area contributed by atoms with E-state index in [2.05, 4.69) is 15.5 Å². The second-order valence-corrected chi connectivity index (χ2v) is 6.12. The van der Waals surface area contributed by atoms with Crippen molar-refractivity contribution in [1.82, 2.24) is 10.2 Å². The summed E-state index contributed by atoms with van der Waals surface area (Å²) in [5, 5.41) is 11.4. The van der Waals surface area contributed by atoms with Gasteiger partial charge in [0.05, 0.1) is 23.3 Å². The van der Waals surface area contributed by atoms with Gasteiger partial charge in [-0.15, -0.1) is 5.10 Å². The highest BCUT2D eigenvalue weighted by Gasteiger charge is 2.17. The first-order valence-electron chi connectivity index (χ1n) is 6.91. The fraction of sp³-hybridized carbons (Fsp3) is 0.0625. The molecule has 0 bridgehead atoms. The number of amides is 1. The molecule has 6 nitrogen and oxygen atoms in total. The number of ether oxygens (including phenoxy) is 1. The number of nitrogens with zero attached hydrogens (tertiary/aromatic N) is 2. The van der Waals surface area contributed by atoms with Crippen molar-refractivity contribution in [3.05, 3.63) is 57.0 Å². The lowest BCUT2D eigenvalue weighted by atomic mass is 10.2. The van der Waals surface area contributed by atoms with E-state index in [9.17, 15) is 4.79 Å². The summed E-state index contributed by atoms with van der Waals surface area (Å²) in [5.74, 6) is 0.00848. The minimum absolute atomic E-state index is 0.0898. The number of hydrogen-bond acceptors (Lipinski definition) is 5. The lowest BCUT2D eigenvalue weighted by Crippen LogP contribution is -2.13. The summed E-state index contributed by atoms with van der Waals surface area (Å²) in [6.07, 6.45) is 0. The Morgan fingerprint density at radius 1 is 1.08 bits per heavy atom. The summed E-state index contributed by atoms with van der Waals surface area (Å²) in [4.78, 5) is 12.4. The van der Waals surface area contributed by atoms with Gasteiger partial charge in [0.2, 0.25) is 0 Å². The Kier molecular flexibility index (Phi) is 5.13. The van der Waals surface area contributed by atoms with Crippen molar-refractivity contribution in [3.63, 3.8) is 0 Å². The van der Waals surface area contributed by atoms with E-state index in [0.29, 0.717) is 26.4 Å². The van der Waals surface area contributed by atoms with Crippen LogP contribution >= 0.6 is 34.8 Å². The van der Waals surface area contributed by atoms with E-state index in [-0.39, 0.29) is 17.5 Å². The van der Waals surface area contributed by atoms with Gasteiger partial charge in [-0.1, -0.05) is 39.9 Å². The van der Waals surface area contributed by atoms with Crippen molar-refractivity contribution in [2.45, 2.75) is 0 Å². The zero-order valence-corrected chi connectivity index (χ0v) is 15.0. The maximum absolute atomic E-state index is 12.4. The number of benzene rings is 2. The number of nitrogens with one attached hydrogen (secondary N) is 1. The Morgan fingerprint density at radius 2 is 1.80 bits per heavy atom. The van der Waals surface area contributed by atoms with Crippen molar-refractivity contribution < 1.29 is 13.9 Å². The van der Waals surface area contributed by atoms with E-state index in [4.69, 9.17) is 44.0 Å². The first-order valence-corrected chi connectivity index (χ1v) is 8.05. The standard InChI is InChI=1S/C16H10Cl3N3O3/c1-24-13-5-3-8(17)6-11(13)14(23)20-16-22-21-15(25-16)10-4-2-9(18)7-12(10)19/h2-7H,1H3,(H,20,22,23). The van der Waals surface area contributed by atoms with Gasteiger partial charge in [0.25, 0.3) is 11.8 Å². The molecule has 0 atom stereocenters. The Hall–Kier alpha value is -2.28. The number of carbonyl (C=O) groups is 1. The average molecular weight is 399 g/mol. The van der Waals surface area contributed by atoms with Gasteiger partial charge in [0.1, 0.15) is 5.75 Å². The van der Waals surface area contributed by atoms with Crippen LogP contribution in [0.1, 0.15) is 10.4 Å². The fourth-order valence-electron chi connectivity index (χ4n) is 2.07. The Balaban J connectivity index is 1.84. The molecule has 0 aliphatic carbocycles. The van der Waals surface area contributed by atoms with Gasteiger partial charge in [-0.05, 0) is 36.4 Å². The molecule has 2 aromatic carbocycles. The number of methoxy groups -OCH3 is 1. The van der Waals surface area contributed by atoms with Crippen LogP contribution < -0.4 is 10.1 Å². The van der Waals surface area contributed by atoms with Crippen LogP contribution in [-0.2, 0) is 0 Å². The van der Waals surface area contributed by atoms with Gasteiger partial charge in [0, 0.05) is 10.0 Å². The van der Waals surface area contributed by atoms with Crippen molar-refractivity contribution in [3.8, 4) is 17.2 Å². The van der Waals surface area contributed by atoms with Gasteiger partial charge in [0.15, 0.2) is 0 Å². The lowest BCUT2D eigenvalue weighted by Gasteiger charge is -2.07. The smallest absolute Gasteiger partial charge is 0.322 e. The predicted molar refractivity (Wildman–Crippen MR) is 95.7 cm³/mol. The molecule has 0 spiro atoms. The van der Waals surface area contributed by atoms with E-state index in [0.717, 1.165) is 0 Å². The molecule has 0 unspecified atom stereocenters. The third-order valence-electron chi connectivity index (χ3n) is 3.21. The lowest BCUT2D eigenvalue weighted by molar-refractivity contribution is 0.102. The molecule has 3 aromatic rings. The molecule has 0 aliphatic rings. The summed E-state index contributed by atoms with van der Waals surface area (Å²) < 4.78 is 10.6. The van der Waals surface area contributed by atoms with Crippen LogP contribution in [0.3, 0.4) is 0 Å². The predicted octanol–water partition coefficient (Wildman–Crippen LogP) is 4.96. The van der Waals surface area contributed by atoms with Crippen LogP contribution in [0.4, 0.5) is 6.01 Å². The van der Waals surface area contributed by atoms with Crippen molar-refractivity contribution >= 4 is 46.7 Å². The van der Waals surface area contributed by atoms with Crippen molar-refractivity contribution in [2.75, 3.05) is 12.4 Å². The largest absolute Gasteiger partial charge is 0.496 e. The molecule has 1 N–H and O–H groups in total. The summed E-state index contributed by atoms with van der Waals surface area (Å²) in [6.45, 7) is 0. The first kappa shape index (κ1) is 17.5. The van der Waals surface area contributed by atoms with E-state index >= 15 is 0 Å². The molecule has 0 aliphatic heterocycles. The summed E-state index contributed by atoms with van der Waals surface area (Å²) in [5.41, 5.74) is 0.735. The molecule has 0 radical (unpaired) electrons.